The summed E-state index contributed by atoms with van der Waals surface area (Å²) < 4.78 is 13.4. The fraction of sp³-hybridized carbons (Fsp3) is 0.231. The highest BCUT2D eigenvalue weighted by atomic mass is 19.1. The average Bonchev–Trinajstić information content (AvgIpc) is 2.79. The zero-order valence-corrected chi connectivity index (χ0v) is 18.3. The lowest BCUT2D eigenvalue weighted by molar-refractivity contribution is 0.0673. The van der Waals surface area contributed by atoms with E-state index in [0.717, 1.165) is 5.56 Å². The Bertz CT molecular complexity index is 1080. The first-order chi connectivity index (χ1) is 15.3. The molecule has 0 radical (unpaired) electrons. The number of benzene rings is 3. The number of nitrogens with zero attached hydrogens (tertiary/aromatic N) is 1. The second kappa shape index (κ2) is 10.2. The maximum absolute atomic E-state index is 13.4. The highest BCUT2D eigenvalue weighted by Gasteiger charge is 2.25. The van der Waals surface area contributed by atoms with Gasteiger partial charge in [0, 0.05) is 29.9 Å². The number of nitrogens with two attached hydrogens (primary N) is 1. The number of carbonyl (C=O) groups is 2. The fourth-order valence-corrected chi connectivity index (χ4v) is 3.34. The zero-order chi connectivity index (χ0) is 23.1. The van der Waals surface area contributed by atoms with Crippen molar-refractivity contribution in [2.24, 2.45) is 11.1 Å². The standard InChI is InChI=1S/C26H28FN3O2/c1-26(2,17-28)18-30(25(32)20-9-4-3-5-10-20)16-19-8-6-13-23(14-19)29-24(31)21-11-7-12-22(27)15-21/h3-15H,16-18,28H2,1-2H3,(H,29,31). The van der Waals surface area contributed by atoms with Crippen molar-refractivity contribution in [3.8, 4) is 0 Å². The number of rotatable bonds is 8. The summed E-state index contributed by atoms with van der Waals surface area (Å²) in [4.78, 5) is 27.4. The Labute approximate surface area is 188 Å². The van der Waals surface area contributed by atoms with Crippen LogP contribution in [0.15, 0.2) is 78.9 Å². The first-order valence-electron chi connectivity index (χ1n) is 10.5. The van der Waals surface area contributed by atoms with Gasteiger partial charge in [-0.05, 0) is 60.0 Å². The Morgan fingerprint density at radius 2 is 1.62 bits per heavy atom. The largest absolute Gasteiger partial charge is 0.334 e. The molecule has 6 heteroatoms. The molecule has 0 unspecified atom stereocenters. The number of anilines is 1. The van der Waals surface area contributed by atoms with Gasteiger partial charge in [-0.2, -0.15) is 0 Å². The van der Waals surface area contributed by atoms with Gasteiger partial charge in [-0.15, -0.1) is 0 Å². The number of halogens is 1. The highest BCUT2D eigenvalue weighted by Crippen LogP contribution is 2.21. The van der Waals surface area contributed by atoms with Crippen molar-refractivity contribution in [3.63, 3.8) is 0 Å². The van der Waals surface area contributed by atoms with Crippen LogP contribution in [0.25, 0.3) is 0 Å². The van der Waals surface area contributed by atoms with Crippen LogP contribution in [0.2, 0.25) is 0 Å². The van der Waals surface area contributed by atoms with E-state index in [0.29, 0.717) is 30.9 Å². The second-order valence-electron chi connectivity index (χ2n) is 8.56. The van der Waals surface area contributed by atoms with Crippen LogP contribution in [0, 0.1) is 11.2 Å². The predicted octanol–water partition coefficient (Wildman–Crippen LogP) is 4.71. The molecule has 2 amide bonds. The van der Waals surface area contributed by atoms with Crippen LogP contribution in [0.4, 0.5) is 10.1 Å². The zero-order valence-electron chi connectivity index (χ0n) is 18.3. The molecule has 0 fully saturated rings. The summed E-state index contributed by atoms with van der Waals surface area (Å²) in [5.74, 6) is -0.951. The van der Waals surface area contributed by atoms with Crippen LogP contribution in [0.1, 0.15) is 40.1 Å². The van der Waals surface area contributed by atoms with E-state index in [1.807, 2.05) is 50.2 Å². The molecule has 0 heterocycles. The Morgan fingerprint density at radius 1 is 0.938 bits per heavy atom. The number of nitrogens with one attached hydrogen (secondary N) is 1. The van der Waals surface area contributed by atoms with Gasteiger partial charge in [0.15, 0.2) is 0 Å². The van der Waals surface area contributed by atoms with Gasteiger partial charge < -0.3 is 16.0 Å². The van der Waals surface area contributed by atoms with Crippen molar-refractivity contribution in [1.29, 1.82) is 0 Å². The van der Waals surface area contributed by atoms with Gasteiger partial charge in [0.05, 0.1) is 0 Å². The van der Waals surface area contributed by atoms with E-state index in [9.17, 15) is 14.0 Å². The molecule has 166 valence electrons. The Morgan fingerprint density at radius 3 is 2.31 bits per heavy atom. The summed E-state index contributed by atoms with van der Waals surface area (Å²) in [6.07, 6.45) is 0. The molecule has 0 atom stereocenters. The normalized spacial score (nSPS) is 11.1. The lowest BCUT2D eigenvalue weighted by Crippen LogP contribution is -2.41. The molecule has 0 aliphatic heterocycles. The quantitative estimate of drug-likeness (QED) is 0.540. The highest BCUT2D eigenvalue weighted by molar-refractivity contribution is 6.04. The third-order valence-electron chi connectivity index (χ3n) is 5.12. The number of hydrogen-bond acceptors (Lipinski definition) is 3. The number of amides is 2. The first-order valence-corrected chi connectivity index (χ1v) is 10.5. The summed E-state index contributed by atoms with van der Waals surface area (Å²) in [7, 11) is 0. The minimum Gasteiger partial charge on any atom is -0.334 e. The molecule has 3 rings (SSSR count). The molecule has 5 nitrogen and oxygen atoms in total. The van der Waals surface area contributed by atoms with Gasteiger partial charge in [0.25, 0.3) is 11.8 Å². The minimum atomic E-state index is -0.469. The molecule has 0 aromatic heterocycles. The van der Waals surface area contributed by atoms with E-state index >= 15 is 0 Å². The summed E-state index contributed by atoms with van der Waals surface area (Å²) in [5.41, 5.74) is 7.94. The maximum Gasteiger partial charge on any atom is 0.255 e. The minimum absolute atomic E-state index is 0.0821. The smallest absolute Gasteiger partial charge is 0.255 e. The molecule has 3 aromatic rings. The molecule has 3 N–H and O–H groups in total. The van der Waals surface area contributed by atoms with E-state index in [1.54, 1.807) is 29.2 Å². The maximum atomic E-state index is 13.4. The van der Waals surface area contributed by atoms with Crippen molar-refractivity contribution in [1.82, 2.24) is 4.90 Å². The number of hydrogen-bond donors (Lipinski definition) is 2. The summed E-state index contributed by atoms with van der Waals surface area (Å²) in [6.45, 7) is 5.33. The van der Waals surface area contributed by atoms with Gasteiger partial charge in [-0.25, -0.2) is 4.39 Å². The molecule has 0 spiro atoms. The van der Waals surface area contributed by atoms with Crippen molar-refractivity contribution < 1.29 is 14.0 Å². The third kappa shape index (κ3) is 6.25. The van der Waals surface area contributed by atoms with E-state index < -0.39 is 11.7 Å². The molecule has 0 aliphatic carbocycles. The lowest BCUT2D eigenvalue weighted by atomic mass is 9.92. The van der Waals surface area contributed by atoms with E-state index in [2.05, 4.69) is 5.32 Å². The van der Waals surface area contributed by atoms with Crippen LogP contribution in [0.3, 0.4) is 0 Å². The third-order valence-corrected chi connectivity index (χ3v) is 5.12. The molecular weight excluding hydrogens is 405 g/mol. The lowest BCUT2D eigenvalue weighted by Gasteiger charge is -2.32. The monoisotopic (exact) mass is 433 g/mol. The molecule has 0 saturated carbocycles. The van der Waals surface area contributed by atoms with E-state index in [4.69, 9.17) is 5.73 Å². The average molecular weight is 434 g/mol. The Hall–Kier alpha value is -3.51. The van der Waals surface area contributed by atoms with Crippen LogP contribution in [0.5, 0.6) is 0 Å². The molecule has 0 bridgehead atoms. The van der Waals surface area contributed by atoms with Crippen molar-refractivity contribution >= 4 is 17.5 Å². The van der Waals surface area contributed by atoms with Gasteiger partial charge in [-0.1, -0.05) is 50.2 Å². The van der Waals surface area contributed by atoms with Crippen molar-refractivity contribution in [2.75, 3.05) is 18.4 Å². The molecule has 0 saturated heterocycles. The van der Waals surface area contributed by atoms with Crippen molar-refractivity contribution in [3.05, 3.63) is 101 Å². The van der Waals surface area contributed by atoms with Crippen LogP contribution in [-0.2, 0) is 6.54 Å². The van der Waals surface area contributed by atoms with Crippen LogP contribution in [-0.4, -0.2) is 29.8 Å². The second-order valence-corrected chi connectivity index (χ2v) is 8.56. The summed E-state index contributed by atoms with van der Waals surface area (Å²) >= 11 is 0. The SMILES string of the molecule is CC(C)(CN)CN(Cc1cccc(NC(=O)c2cccc(F)c2)c1)C(=O)c1ccccc1. The van der Waals surface area contributed by atoms with Gasteiger partial charge in [0.2, 0.25) is 0 Å². The summed E-state index contributed by atoms with van der Waals surface area (Å²) in [6, 6.07) is 21.9. The molecular formula is C26H28FN3O2. The Kier molecular flexibility index (Phi) is 7.38. The fourth-order valence-electron chi connectivity index (χ4n) is 3.34. The first kappa shape index (κ1) is 23.2. The van der Waals surface area contributed by atoms with Crippen LogP contribution >= 0.6 is 0 Å². The molecule has 32 heavy (non-hydrogen) atoms. The van der Waals surface area contributed by atoms with Gasteiger partial charge in [0.1, 0.15) is 5.82 Å². The van der Waals surface area contributed by atoms with E-state index in [1.165, 1.54) is 18.2 Å². The van der Waals surface area contributed by atoms with Gasteiger partial charge >= 0.3 is 0 Å². The van der Waals surface area contributed by atoms with Crippen LogP contribution < -0.4 is 11.1 Å². The molecule has 0 aliphatic rings. The predicted molar refractivity (Wildman–Crippen MR) is 125 cm³/mol. The molecule has 3 aromatic carbocycles. The Balaban J connectivity index is 1.80. The summed E-state index contributed by atoms with van der Waals surface area (Å²) in [5, 5.41) is 2.79. The van der Waals surface area contributed by atoms with E-state index in [-0.39, 0.29) is 16.9 Å². The number of carbonyl (C=O) groups excluding carboxylic acids is 2. The van der Waals surface area contributed by atoms with Gasteiger partial charge in [-0.3, -0.25) is 9.59 Å². The topological polar surface area (TPSA) is 75.4 Å². The van der Waals surface area contributed by atoms with Crippen molar-refractivity contribution in [2.45, 2.75) is 20.4 Å².